The Hall–Kier alpha value is -2.86. The van der Waals surface area contributed by atoms with Crippen molar-refractivity contribution in [3.05, 3.63) is 64.7 Å². The van der Waals surface area contributed by atoms with E-state index in [4.69, 9.17) is 0 Å². The minimum atomic E-state index is 0.00748. The molecule has 0 aliphatic carbocycles. The van der Waals surface area contributed by atoms with Gasteiger partial charge in [0.15, 0.2) is 10.8 Å². The highest BCUT2D eigenvalue weighted by Gasteiger charge is 2.14. The maximum atomic E-state index is 12.3. The van der Waals surface area contributed by atoms with Crippen molar-refractivity contribution in [2.24, 2.45) is 0 Å². The topological polar surface area (TPSA) is 59.3 Å². The van der Waals surface area contributed by atoms with Gasteiger partial charge in [0.05, 0.1) is 5.52 Å². The molecule has 1 N–H and O–H groups in total. The lowest BCUT2D eigenvalue weighted by molar-refractivity contribution is -0.115. The molecule has 0 saturated carbocycles. The smallest absolute Gasteiger partial charge is 0.225 e. The van der Waals surface area contributed by atoms with Crippen LogP contribution in [0.2, 0.25) is 0 Å². The van der Waals surface area contributed by atoms with E-state index in [1.54, 1.807) is 11.8 Å². The SMILES string of the molecule is CCc1ccc(NC(=O)CCSc2nnc3cc(C)c4cc(C)cc(C)c4n23)cc1. The third-order valence-electron chi connectivity index (χ3n) is 5.30. The van der Waals surface area contributed by atoms with Gasteiger partial charge in [0, 0.05) is 23.2 Å². The van der Waals surface area contributed by atoms with Gasteiger partial charge in [-0.05, 0) is 68.1 Å². The quantitative estimate of drug-likeness (QED) is 0.421. The number of hydrogen-bond donors (Lipinski definition) is 1. The molecule has 0 aliphatic rings. The number of carbonyl (C=O) groups is 1. The van der Waals surface area contributed by atoms with Crippen LogP contribution in [0.5, 0.6) is 0 Å². The lowest BCUT2D eigenvalue weighted by Gasteiger charge is -2.11. The Balaban J connectivity index is 1.50. The normalized spacial score (nSPS) is 11.3. The third-order valence-corrected chi connectivity index (χ3v) is 6.23. The van der Waals surface area contributed by atoms with E-state index in [9.17, 15) is 4.79 Å². The molecule has 154 valence electrons. The van der Waals surface area contributed by atoms with E-state index in [2.05, 4.69) is 65.8 Å². The molecule has 0 unspecified atom stereocenters. The van der Waals surface area contributed by atoms with Gasteiger partial charge in [-0.25, -0.2) is 0 Å². The van der Waals surface area contributed by atoms with Crippen LogP contribution in [-0.4, -0.2) is 26.3 Å². The number of rotatable bonds is 6. The van der Waals surface area contributed by atoms with Gasteiger partial charge in [-0.1, -0.05) is 42.4 Å². The van der Waals surface area contributed by atoms with Crippen LogP contribution in [0.25, 0.3) is 16.6 Å². The first-order valence-corrected chi connectivity index (χ1v) is 11.2. The molecule has 4 aromatic rings. The monoisotopic (exact) mass is 418 g/mol. The first-order chi connectivity index (χ1) is 14.5. The van der Waals surface area contributed by atoms with E-state index >= 15 is 0 Å². The van der Waals surface area contributed by atoms with Crippen LogP contribution < -0.4 is 5.32 Å². The highest BCUT2D eigenvalue weighted by Crippen LogP contribution is 2.29. The number of aryl methyl sites for hydroxylation is 4. The zero-order chi connectivity index (χ0) is 21.3. The van der Waals surface area contributed by atoms with Crippen LogP contribution in [0.3, 0.4) is 0 Å². The van der Waals surface area contributed by atoms with Gasteiger partial charge in [-0.15, -0.1) is 10.2 Å². The van der Waals surface area contributed by atoms with Gasteiger partial charge in [0.25, 0.3) is 0 Å². The molecular formula is C24H26N4OS. The van der Waals surface area contributed by atoms with E-state index in [0.29, 0.717) is 12.2 Å². The fourth-order valence-corrected chi connectivity index (χ4v) is 4.67. The fourth-order valence-electron chi connectivity index (χ4n) is 3.79. The first-order valence-electron chi connectivity index (χ1n) is 10.2. The highest BCUT2D eigenvalue weighted by atomic mass is 32.2. The number of benzene rings is 2. The Morgan fingerprint density at radius 3 is 2.53 bits per heavy atom. The number of pyridine rings is 1. The largest absolute Gasteiger partial charge is 0.326 e. The summed E-state index contributed by atoms with van der Waals surface area (Å²) in [7, 11) is 0. The second-order valence-corrected chi connectivity index (χ2v) is 8.74. The Bertz CT molecular complexity index is 1230. The maximum Gasteiger partial charge on any atom is 0.225 e. The van der Waals surface area contributed by atoms with Crippen LogP contribution in [-0.2, 0) is 11.2 Å². The number of fused-ring (bicyclic) bond motifs is 3. The molecule has 4 rings (SSSR count). The molecule has 0 aliphatic heterocycles. The summed E-state index contributed by atoms with van der Waals surface area (Å²) < 4.78 is 2.11. The van der Waals surface area contributed by atoms with Crippen molar-refractivity contribution in [3.8, 4) is 0 Å². The van der Waals surface area contributed by atoms with Crippen molar-refractivity contribution in [1.29, 1.82) is 0 Å². The minimum absolute atomic E-state index is 0.00748. The van der Waals surface area contributed by atoms with E-state index in [1.165, 1.54) is 27.6 Å². The zero-order valence-electron chi connectivity index (χ0n) is 17.8. The number of carbonyl (C=O) groups excluding carboxylic acids is 1. The number of anilines is 1. The Morgan fingerprint density at radius 1 is 1.03 bits per heavy atom. The molecule has 2 aromatic carbocycles. The van der Waals surface area contributed by atoms with Gasteiger partial charge in [0.1, 0.15) is 0 Å². The van der Waals surface area contributed by atoms with Crippen molar-refractivity contribution in [1.82, 2.24) is 14.6 Å². The van der Waals surface area contributed by atoms with Gasteiger partial charge >= 0.3 is 0 Å². The van der Waals surface area contributed by atoms with Gasteiger partial charge in [-0.3, -0.25) is 9.20 Å². The predicted octanol–water partition coefficient (Wildman–Crippen LogP) is 5.49. The number of aromatic nitrogens is 3. The number of thioether (sulfide) groups is 1. The van der Waals surface area contributed by atoms with Gasteiger partial charge < -0.3 is 5.32 Å². The maximum absolute atomic E-state index is 12.3. The molecule has 0 fully saturated rings. The highest BCUT2D eigenvalue weighted by molar-refractivity contribution is 7.99. The second kappa shape index (κ2) is 8.48. The molecule has 0 bridgehead atoms. The van der Waals surface area contributed by atoms with Gasteiger partial charge in [-0.2, -0.15) is 0 Å². The summed E-state index contributed by atoms with van der Waals surface area (Å²) in [5, 5.41) is 13.8. The van der Waals surface area contributed by atoms with Crippen molar-refractivity contribution >= 4 is 39.9 Å². The number of nitrogens with zero attached hydrogens (tertiary/aromatic N) is 3. The summed E-state index contributed by atoms with van der Waals surface area (Å²) in [6, 6.07) is 14.5. The summed E-state index contributed by atoms with van der Waals surface area (Å²) in [5.41, 5.74) is 7.72. The van der Waals surface area contributed by atoms with E-state index in [0.717, 1.165) is 28.4 Å². The average molecular weight is 419 g/mol. The Kier molecular flexibility index (Phi) is 5.77. The van der Waals surface area contributed by atoms with Crippen molar-refractivity contribution in [2.45, 2.75) is 45.7 Å². The Morgan fingerprint density at radius 2 is 1.80 bits per heavy atom. The molecule has 0 spiro atoms. The lowest BCUT2D eigenvalue weighted by atomic mass is 10.0. The van der Waals surface area contributed by atoms with Crippen molar-refractivity contribution in [3.63, 3.8) is 0 Å². The van der Waals surface area contributed by atoms with E-state index in [1.807, 2.05) is 24.3 Å². The second-order valence-electron chi connectivity index (χ2n) is 7.68. The molecule has 2 aromatic heterocycles. The minimum Gasteiger partial charge on any atom is -0.326 e. The molecule has 1 amide bonds. The number of amides is 1. The molecule has 2 heterocycles. The summed E-state index contributed by atoms with van der Waals surface area (Å²) >= 11 is 1.56. The molecule has 6 heteroatoms. The Labute approximate surface area is 180 Å². The van der Waals surface area contributed by atoms with E-state index < -0.39 is 0 Å². The van der Waals surface area contributed by atoms with Crippen LogP contribution in [0.1, 0.15) is 35.6 Å². The lowest BCUT2D eigenvalue weighted by Crippen LogP contribution is -2.12. The van der Waals surface area contributed by atoms with Crippen LogP contribution in [0.15, 0.2) is 47.6 Å². The van der Waals surface area contributed by atoms with Crippen molar-refractivity contribution in [2.75, 3.05) is 11.1 Å². The molecule has 0 atom stereocenters. The van der Waals surface area contributed by atoms with Crippen LogP contribution in [0, 0.1) is 20.8 Å². The summed E-state index contributed by atoms with van der Waals surface area (Å²) in [4.78, 5) is 12.3. The zero-order valence-corrected chi connectivity index (χ0v) is 18.6. The van der Waals surface area contributed by atoms with Gasteiger partial charge in [0.2, 0.25) is 5.91 Å². The number of nitrogens with one attached hydrogen (secondary N) is 1. The first kappa shape index (κ1) is 20.4. The molecule has 5 nitrogen and oxygen atoms in total. The summed E-state index contributed by atoms with van der Waals surface area (Å²) in [6.07, 6.45) is 1.40. The standard InChI is InChI=1S/C24H26N4OS/c1-5-18-6-8-19(9-7-18)25-22(29)10-11-30-24-27-26-21-14-16(3)20-13-15(2)12-17(4)23(20)28(21)24/h6-9,12-14H,5,10-11H2,1-4H3,(H,25,29). The van der Waals surface area contributed by atoms with Crippen LogP contribution in [0.4, 0.5) is 5.69 Å². The number of hydrogen-bond acceptors (Lipinski definition) is 4. The van der Waals surface area contributed by atoms with Crippen molar-refractivity contribution < 1.29 is 4.79 Å². The van der Waals surface area contributed by atoms with E-state index in [-0.39, 0.29) is 5.91 Å². The molecule has 0 saturated heterocycles. The van der Waals surface area contributed by atoms with Crippen LogP contribution >= 0.6 is 11.8 Å². The molecular weight excluding hydrogens is 392 g/mol. The summed E-state index contributed by atoms with van der Waals surface area (Å²) in [5.74, 6) is 0.646. The average Bonchev–Trinajstić information content (AvgIpc) is 3.11. The molecule has 30 heavy (non-hydrogen) atoms. The third kappa shape index (κ3) is 4.05. The molecule has 0 radical (unpaired) electrons. The predicted molar refractivity (Wildman–Crippen MR) is 124 cm³/mol. The fraction of sp³-hybridized carbons (Fsp3) is 0.292. The summed E-state index contributed by atoms with van der Waals surface area (Å²) in [6.45, 7) is 8.47.